The van der Waals surface area contributed by atoms with Gasteiger partial charge in [0.05, 0.1) is 0 Å². The van der Waals surface area contributed by atoms with Gasteiger partial charge in [0.25, 0.3) is 0 Å². The average Bonchev–Trinajstić information content (AvgIpc) is 2.37. The Balaban J connectivity index is 4.67. The topological polar surface area (TPSA) is 9.23 Å². The van der Waals surface area contributed by atoms with E-state index in [4.69, 9.17) is 3.07 Å². The molecule has 0 spiro atoms. The van der Waals surface area contributed by atoms with Crippen LogP contribution in [0, 0.1) is 0 Å². The third kappa shape index (κ3) is 8.44. The van der Waals surface area contributed by atoms with E-state index >= 15 is 0 Å². The summed E-state index contributed by atoms with van der Waals surface area (Å²) in [7, 11) is 0. The van der Waals surface area contributed by atoms with Gasteiger partial charge in [0, 0.05) is 0 Å². The van der Waals surface area contributed by atoms with Crippen LogP contribution in [0.2, 0.25) is 13.3 Å². The zero-order valence-corrected chi connectivity index (χ0v) is 16.2. The molecule has 2 heteroatoms. The third-order valence-corrected chi connectivity index (χ3v) is 16.1. The number of hydrogen-bond donors (Lipinski definition) is 0. The first-order valence-corrected chi connectivity index (χ1v) is 15.1. The molecule has 0 aliphatic carbocycles. The van der Waals surface area contributed by atoms with E-state index in [1.165, 1.54) is 57.4 Å². The Kier molecular flexibility index (Phi) is 11.4. The second-order valence-corrected chi connectivity index (χ2v) is 17.5. The molecule has 0 heterocycles. The summed E-state index contributed by atoms with van der Waals surface area (Å²) in [6, 6.07) is 0. The van der Waals surface area contributed by atoms with Crippen molar-refractivity contribution in [1.29, 1.82) is 0 Å². The molecule has 0 aliphatic rings. The molecule has 0 aliphatic heterocycles. The van der Waals surface area contributed by atoms with E-state index in [2.05, 4.69) is 40.9 Å². The Morgan fingerprint density at radius 1 is 0.833 bits per heavy atom. The van der Waals surface area contributed by atoms with Crippen molar-refractivity contribution in [3.63, 3.8) is 0 Å². The standard InChI is InChI=1S/C4H8O.3C4H9.Sn/c1-4(2)3-5;3*1-3-4-2;/h3,5H,1-2H3;3*1,3-4H2,2H3;/q;;;;+1/p-1. The average molecular weight is 361 g/mol. The molecule has 0 bridgehead atoms. The zero-order valence-electron chi connectivity index (χ0n) is 13.3. The SMILES string of the molecule is CCC[CH2][Sn]([CH2]CCC)([CH2]CCC)[O]C=C(C)C. The van der Waals surface area contributed by atoms with Crippen molar-refractivity contribution in [3.8, 4) is 0 Å². The Labute approximate surface area is 120 Å². The molecule has 0 amide bonds. The monoisotopic (exact) mass is 362 g/mol. The molecule has 18 heavy (non-hydrogen) atoms. The number of allylic oxidation sites excluding steroid dienone is 1. The Hall–Kier alpha value is 0.339. The fourth-order valence-electron chi connectivity index (χ4n) is 2.29. The van der Waals surface area contributed by atoms with Crippen molar-refractivity contribution >= 4 is 18.8 Å². The minimum atomic E-state index is -2.32. The summed E-state index contributed by atoms with van der Waals surface area (Å²) in [6.45, 7) is 11.2. The normalized spacial score (nSPS) is 11.4. The molecule has 0 radical (unpaired) electrons. The first-order chi connectivity index (χ1) is 8.60. The van der Waals surface area contributed by atoms with Crippen LogP contribution in [0.5, 0.6) is 0 Å². The van der Waals surface area contributed by atoms with Gasteiger partial charge in [-0.2, -0.15) is 0 Å². The summed E-state index contributed by atoms with van der Waals surface area (Å²) < 4.78 is 10.7. The van der Waals surface area contributed by atoms with Crippen LogP contribution in [0.25, 0.3) is 0 Å². The van der Waals surface area contributed by atoms with E-state index in [0.717, 1.165) is 0 Å². The van der Waals surface area contributed by atoms with Crippen molar-refractivity contribution in [1.82, 2.24) is 0 Å². The molecule has 0 aromatic rings. The van der Waals surface area contributed by atoms with Gasteiger partial charge in [-0.3, -0.25) is 0 Å². The fraction of sp³-hybridized carbons (Fsp3) is 0.875. The van der Waals surface area contributed by atoms with Gasteiger partial charge < -0.3 is 0 Å². The van der Waals surface area contributed by atoms with Gasteiger partial charge in [-0.05, 0) is 0 Å². The Bertz CT molecular complexity index is 197. The van der Waals surface area contributed by atoms with Crippen molar-refractivity contribution in [3.05, 3.63) is 11.8 Å². The minimum absolute atomic E-state index is 1.31. The van der Waals surface area contributed by atoms with Gasteiger partial charge in [0.2, 0.25) is 0 Å². The van der Waals surface area contributed by atoms with Crippen LogP contribution in [-0.2, 0) is 3.07 Å². The molecule has 0 N–H and O–H groups in total. The van der Waals surface area contributed by atoms with Crippen LogP contribution < -0.4 is 0 Å². The number of hydrogen-bond acceptors (Lipinski definition) is 1. The fourth-order valence-corrected chi connectivity index (χ4v) is 15.4. The first-order valence-electron chi connectivity index (χ1n) is 7.91. The van der Waals surface area contributed by atoms with Gasteiger partial charge in [-0.15, -0.1) is 0 Å². The van der Waals surface area contributed by atoms with Crippen LogP contribution in [0.3, 0.4) is 0 Å². The van der Waals surface area contributed by atoms with Crippen molar-refractivity contribution in [2.45, 2.75) is 86.5 Å². The third-order valence-electron chi connectivity index (χ3n) is 3.50. The summed E-state index contributed by atoms with van der Waals surface area (Å²) in [6.07, 6.45) is 10.1. The second kappa shape index (κ2) is 11.2. The molecule has 0 atom stereocenters. The maximum atomic E-state index is 6.45. The maximum absolute atomic E-state index is 6.45. The molecule has 0 rings (SSSR count). The van der Waals surface area contributed by atoms with Crippen LogP contribution in [0.15, 0.2) is 11.8 Å². The molecule has 0 aromatic heterocycles. The Morgan fingerprint density at radius 2 is 1.22 bits per heavy atom. The molecular formula is C16H34OSn. The zero-order chi connectivity index (χ0) is 13.9. The van der Waals surface area contributed by atoms with Crippen molar-refractivity contribution < 1.29 is 3.07 Å². The van der Waals surface area contributed by atoms with E-state index in [-0.39, 0.29) is 0 Å². The molecule has 108 valence electrons. The predicted molar refractivity (Wildman–Crippen MR) is 85.4 cm³/mol. The van der Waals surface area contributed by atoms with E-state index in [0.29, 0.717) is 0 Å². The summed E-state index contributed by atoms with van der Waals surface area (Å²) in [5.74, 6) is 0. The first kappa shape index (κ1) is 18.3. The van der Waals surface area contributed by atoms with Gasteiger partial charge >= 0.3 is 120 Å². The summed E-state index contributed by atoms with van der Waals surface area (Å²) >= 11 is -2.32. The quantitative estimate of drug-likeness (QED) is 0.311. The number of rotatable bonds is 11. The van der Waals surface area contributed by atoms with E-state index < -0.39 is 18.8 Å². The molecular weight excluding hydrogens is 327 g/mol. The molecule has 0 aromatic carbocycles. The molecule has 0 saturated heterocycles. The van der Waals surface area contributed by atoms with Gasteiger partial charge in [-0.1, -0.05) is 0 Å². The molecule has 0 unspecified atom stereocenters. The van der Waals surface area contributed by atoms with Crippen molar-refractivity contribution in [2.24, 2.45) is 0 Å². The van der Waals surface area contributed by atoms with Gasteiger partial charge in [-0.25, -0.2) is 0 Å². The van der Waals surface area contributed by atoms with Crippen LogP contribution >= 0.6 is 0 Å². The van der Waals surface area contributed by atoms with Gasteiger partial charge in [0.1, 0.15) is 0 Å². The van der Waals surface area contributed by atoms with Crippen LogP contribution in [0.4, 0.5) is 0 Å². The van der Waals surface area contributed by atoms with Gasteiger partial charge in [0.15, 0.2) is 0 Å². The second-order valence-electron chi connectivity index (χ2n) is 5.81. The molecule has 1 nitrogen and oxygen atoms in total. The van der Waals surface area contributed by atoms with Crippen molar-refractivity contribution in [2.75, 3.05) is 0 Å². The van der Waals surface area contributed by atoms with Crippen LogP contribution in [0.1, 0.15) is 73.1 Å². The Morgan fingerprint density at radius 3 is 1.50 bits per heavy atom. The van der Waals surface area contributed by atoms with Crippen LogP contribution in [-0.4, -0.2) is 18.8 Å². The molecule has 0 fully saturated rings. The van der Waals surface area contributed by atoms with E-state index in [9.17, 15) is 0 Å². The number of unbranched alkanes of at least 4 members (excludes halogenated alkanes) is 3. The van der Waals surface area contributed by atoms with E-state index in [1.54, 1.807) is 0 Å². The van der Waals surface area contributed by atoms with E-state index in [1.807, 2.05) is 0 Å². The summed E-state index contributed by atoms with van der Waals surface area (Å²) in [4.78, 5) is 0. The molecule has 0 saturated carbocycles. The summed E-state index contributed by atoms with van der Waals surface area (Å²) in [5.41, 5.74) is 1.32. The predicted octanol–water partition coefficient (Wildman–Crippen LogP) is 6.27. The summed E-state index contributed by atoms with van der Waals surface area (Å²) in [5, 5.41) is 0.